The molecule has 1 aromatic carbocycles. The van der Waals surface area contributed by atoms with Crippen LogP contribution in [0.1, 0.15) is 37.9 Å². The van der Waals surface area contributed by atoms with Crippen molar-refractivity contribution in [2.45, 2.75) is 38.3 Å². The summed E-state index contributed by atoms with van der Waals surface area (Å²) in [7, 11) is 0. The van der Waals surface area contributed by atoms with Crippen molar-refractivity contribution in [1.29, 1.82) is 0 Å². The number of nitrogens with one attached hydrogen (secondary N) is 1. The lowest BCUT2D eigenvalue weighted by Gasteiger charge is -2.31. The molecule has 2 N–H and O–H groups in total. The standard InChI is InChI=1S/C14H19NO2/c1-2-17-10-5-6-12-11(7-10)14(16)8-13(15-12)9-3-4-9/h5-7,9,13-16H,2-4,8H2,1H3. The molecule has 0 saturated heterocycles. The number of anilines is 1. The van der Waals surface area contributed by atoms with Crippen LogP contribution >= 0.6 is 0 Å². The number of hydrogen-bond donors (Lipinski definition) is 2. The molecule has 1 aliphatic carbocycles. The topological polar surface area (TPSA) is 41.5 Å². The Balaban J connectivity index is 1.85. The highest BCUT2D eigenvalue weighted by atomic mass is 16.5. The molecule has 0 aromatic heterocycles. The van der Waals surface area contributed by atoms with Gasteiger partial charge >= 0.3 is 0 Å². The van der Waals surface area contributed by atoms with Crippen molar-refractivity contribution >= 4 is 5.69 Å². The molecule has 0 radical (unpaired) electrons. The molecule has 0 bridgehead atoms. The van der Waals surface area contributed by atoms with Crippen LogP contribution in [0, 0.1) is 5.92 Å². The fourth-order valence-electron chi connectivity index (χ4n) is 2.64. The lowest BCUT2D eigenvalue weighted by molar-refractivity contribution is 0.152. The number of benzene rings is 1. The van der Waals surface area contributed by atoms with Crippen molar-refractivity contribution in [2.24, 2.45) is 5.92 Å². The molecule has 3 heteroatoms. The largest absolute Gasteiger partial charge is 0.494 e. The van der Waals surface area contributed by atoms with E-state index in [0.29, 0.717) is 12.6 Å². The van der Waals surface area contributed by atoms with E-state index < -0.39 is 0 Å². The normalized spacial score (nSPS) is 27.2. The number of ether oxygens (including phenoxy) is 1. The summed E-state index contributed by atoms with van der Waals surface area (Å²) in [6.45, 7) is 2.63. The summed E-state index contributed by atoms with van der Waals surface area (Å²) in [4.78, 5) is 0. The van der Waals surface area contributed by atoms with Crippen LogP contribution in [0.25, 0.3) is 0 Å². The van der Waals surface area contributed by atoms with Gasteiger partial charge in [-0.15, -0.1) is 0 Å². The number of hydrogen-bond acceptors (Lipinski definition) is 3. The Morgan fingerprint density at radius 1 is 1.41 bits per heavy atom. The molecule has 1 fully saturated rings. The third kappa shape index (κ3) is 2.12. The number of aliphatic hydroxyl groups excluding tert-OH is 1. The average molecular weight is 233 g/mol. The molecular formula is C14H19NO2. The highest BCUT2D eigenvalue weighted by Gasteiger charge is 2.36. The molecular weight excluding hydrogens is 214 g/mol. The summed E-state index contributed by atoms with van der Waals surface area (Å²) in [5, 5.41) is 13.7. The average Bonchev–Trinajstić information content (AvgIpc) is 3.14. The number of fused-ring (bicyclic) bond motifs is 1. The summed E-state index contributed by atoms with van der Waals surface area (Å²) < 4.78 is 5.47. The van der Waals surface area contributed by atoms with Gasteiger partial charge in [0, 0.05) is 17.3 Å². The van der Waals surface area contributed by atoms with Gasteiger partial charge in [-0.25, -0.2) is 0 Å². The predicted octanol–water partition coefficient (Wildman–Crippen LogP) is 2.71. The summed E-state index contributed by atoms with van der Waals surface area (Å²) in [6, 6.07) is 6.41. The molecule has 3 nitrogen and oxygen atoms in total. The maximum absolute atomic E-state index is 10.2. The molecule has 0 spiro atoms. The van der Waals surface area contributed by atoms with E-state index in [4.69, 9.17) is 4.74 Å². The summed E-state index contributed by atoms with van der Waals surface area (Å²) in [6.07, 6.45) is 3.08. The van der Waals surface area contributed by atoms with E-state index in [2.05, 4.69) is 5.32 Å². The lowest BCUT2D eigenvalue weighted by atomic mass is 9.92. The fraction of sp³-hybridized carbons (Fsp3) is 0.571. The van der Waals surface area contributed by atoms with Gasteiger partial charge in [0.1, 0.15) is 5.75 Å². The molecule has 2 unspecified atom stereocenters. The zero-order valence-corrected chi connectivity index (χ0v) is 10.1. The maximum Gasteiger partial charge on any atom is 0.119 e. The molecule has 17 heavy (non-hydrogen) atoms. The predicted molar refractivity (Wildman–Crippen MR) is 67.3 cm³/mol. The van der Waals surface area contributed by atoms with E-state index in [1.807, 2.05) is 25.1 Å². The first-order chi connectivity index (χ1) is 8.28. The van der Waals surface area contributed by atoms with Gasteiger partial charge in [-0.05, 0) is 50.3 Å². The second-order valence-corrected chi connectivity index (χ2v) is 5.02. The Morgan fingerprint density at radius 2 is 2.24 bits per heavy atom. The van der Waals surface area contributed by atoms with Gasteiger partial charge < -0.3 is 15.2 Å². The van der Waals surface area contributed by atoms with Gasteiger partial charge in [-0.2, -0.15) is 0 Å². The molecule has 1 aliphatic heterocycles. The first kappa shape index (κ1) is 10.9. The Bertz CT molecular complexity index is 415. The number of aliphatic hydroxyl groups is 1. The Hall–Kier alpha value is -1.22. The van der Waals surface area contributed by atoms with Crippen LogP contribution in [0.15, 0.2) is 18.2 Å². The molecule has 3 rings (SSSR count). The zero-order valence-electron chi connectivity index (χ0n) is 10.1. The minimum Gasteiger partial charge on any atom is -0.494 e. The minimum atomic E-state index is -0.350. The maximum atomic E-state index is 10.2. The quantitative estimate of drug-likeness (QED) is 0.843. The van der Waals surface area contributed by atoms with Crippen molar-refractivity contribution in [3.05, 3.63) is 23.8 Å². The lowest BCUT2D eigenvalue weighted by Crippen LogP contribution is -2.29. The van der Waals surface area contributed by atoms with Crippen LogP contribution in [0.4, 0.5) is 5.69 Å². The Morgan fingerprint density at radius 3 is 2.94 bits per heavy atom. The van der Waals surface area contributed by atoms with Gasteiger partial charge in [0.2, 0.25) is 0 Å². The third-order valence-corrected chi connectivity index (χ3v) is 3.70. The van der Waals surface area contributed by atoms with E-state index in [9.17, 15) is 5.11 Å². The SMILES string of the molecule is CCOc1ccc2c(c1)C(O)CC(C1CC1)N2. The van der Waals surface area contributed by atoms with Crippen LogP contribution in [-0.4, -0.2) is 17.8 Å². The van der Waals surface area contributed by atoms with E-state index >= 15 is 0 Å². The van der Waals surface area contributed by atoms with E-state index in [0.717, 1.165) is 29.3 Å². The number of rotatable bonds is 3. The second kappa shape index (κ2) is 4.22. The van der Waals surface area contributed by atoms with Gasteiger partial charge in [-0.3, -0.25) is 0 Å². The second-order valence-electron chi connectivity index (χ2n) is 5.02. The van der Waals surface area contributed by atoms with Crippen molar-refractivity contribution in [3.63, 3.8) is 0 Å². The molecule has 2 aliphatic rings. The zero-order chi connectivity index (χ0) is 11.8. The highest BCUT2D eigenvalue weighted by Crippen LogP contribution is 2.43. The molecule has 1 heterocycles. The van der Waals surface area contributed by atoms with Gasteiger partial charge in [-0.1, -0.05) is 0 Å². The van der Waals surface area contributed by atoms with Crippen LogP contribution in [0.3, 0.4) is 0 Å². The van der Waals surface area contributed by atoms with Crippen molar-refractivity contribution in [1.82, 2.24) is 0 Å². The van der Waals surface area contributed by atoms with Crippen molar-refractivity contribution in [2.75, 3.05) is 11.9 Å². The van der Waals surface area contributed by atoms with Gasteiger partial charge in [0.25, 0.3) is 0 Å². The first-order valence-electron chi connectivity index (χ1n) is 6.49. The summed E-state index contributed by atoms with van der Waals surface area (Å²) in [5.74, 6) is 1.61. The summed E-state index contributed by atoms with van der Waals surface area (Å²) in [5.41, 5.74) is 2.05. The highest BCUT2D eigenvalue weighted by molar-refractivity contribution is 5.58. The molecule has 1 saturated carbocycles. The molecule has 2 atom stereocenters. The first-order valence-corrected chi connectivity index (χ1v) is 6.49. The third-order valence-electron chi connectivity index (χ3n) is 3.70. The molecule has 92 valence electrons. The monoisotopic (exact) mass is 233 g/mol. The van der Waals surface area contributed by atoms with E-state index in [-0.39, 0.29) is 6.10 Å². The Kier molecular flexibility index (Phi) is 2.71. The fourth-order valence-corrected chi connectivity index (χ4v) is 2.64. The van der Waals surface area contributed by atoms with Gasteiger partial charge in [0.15, 0.2) is 0 Å². The van der Waals surface area contributed by atoms with Crippen LogP contribution in [-0.2, 0) is 0 Å². The van der Waals surface area contributed by atoms with Crippen molar-refractivity contribution < 1.29 is 9.84 Å². The van der Waals surface area contributed by atoms with Crippen LogP contribution in [0.2, 0.25) is 0 Å². The van der Waals surface area contributed by atoms with Crippen LogP contribution in [0.5, 0.6) is 5.75 Å². The van der Waals surface area contributed by atoms with Crippen molar-refractivity contribution in [3.8, 4) is 5.75 Å². The summed E-state index contributed by atoms with van der Waals surface area (Å²) >= 11 is 0. The van der Waals surface area contributed by atoms with Crippen LogP contribution < -0.4 is 10.1 Å². The van der Waals surface area contributed by atoms with E-state index in [1.165, 1.54) is 12.8 Å². The molecule has 1 aromatic rings. The molecule has 0 amide bonds. The van der Waals surface area contributed by atoms with E-state index in [1.54, 1.807) is 0 Å². The Labute approximate surface area is 102 Å². The smallest absolute Gasteiger partial charge is 0.119 e. The van der Waals surface area contributed by atoms with Gasteiger partial charge in [0.05, 0.1) is 12.7 Å². The minimum absolute atomic E-state index is 0.350.